The smallest absolute Gasteiger partial charge is 0.219 e. The van der Waals surface area contributed by atoms with E-state index in [0.29, 0.717) is 5.65 Å². The molecule has 21 heavy (non-hydrogen) atoms. The molecule has 5 heteroatoms. The zero-order valence-corrected chi connectivity index (χ0v) is 13.7. The van der Waals surface area contributed by atoms with Crippen LogP contribution in [0.4, 0.5) is 0 Å². The van der Waals surface area contributed by atoms with Crippen LogP contribution in [0.2, 0.25) is 0 Å². The van der Waals surface area contributed by atoms with Crippen molar-refractivity contribution in [3.8, 4) is 17.1 Å². The van der Waals surface area contributed by atoms with Gasteiger partial charge in [-0.15, -0.1) is 0 Å². The second kappa shape index (κ2) is 5.15. The molecule has 0 radical (unpaired) electrons. The number of aryl methyl sites for hydroxylation is 1. The highest BCUT2D eigenvalue weighted by atomic mass is 79.9. The first kappa shape index (κ1) is 14.1. The van der Waals surface area contributed by atoms with Crippen molar-refractivity contribution in [3.63, 3.8) is 0 Å². The molecule has 1 N–H and O–H groups in total. The predicted molar refractivity (Wildman–Crippen MR) is 86.6 cm³/mol. The lowest BCUT2D eigenvalue weighted by Crippen LogP contribution is -2.02. The van der Waals surface area contributed by atoms with Gasteiger partial charge in [-0.3, -0.25) is 0 Å². The molecular weight excluding hydrogens is 330 g/mol. The van der Waals surface area contributed by atoms with Crippen molar-refractivity contribution in [1.82, 2.24) is 14.6 Å². The molecule has 0 bridgehead atoms. The highest BCUT2D eigenvalue weighted by Gasteiger charge is 2.17. The summed E-state index contributed by atoms with van der Waals surface area (Å²) in [5, 5.41) is 14.9. The van der Waals surface area contributed by atoms with Crippen LogP contribution in [0.25, 0.3) is 16.9 Å². The fraction of sp³-hybridized carbons (Fsp3) is 0.250. The van der Waals surface area contributed by atoms with Crippen LogP contribution >= 0.6 is 15.9 Å². The van der Waals surface area contributed by atoms with Gasteiger partial charge in [0, 0.05) is 27.4 Å². The molecule has 0 unspecified atom stereocenters. The predicted octanol–water partition coefficient (Wildman–Crippen LogP) is 4.30. The van der Waals surface area contributed by atoms with Gasteiger partial charge in [-0.2, -0.15) is 9.61 Å². The average Bonchev–Trinajstić information content (AvgIpc) is 2.83. The summed E-state index contributed by atoms with van der Waals surface area (Å²) in [6, 6.07) is 9.80. The number of aromatic nitrogens is 3. The first-order valence-corrected chi connectivity index (χ1v) is 7.62. The molecule has 0 spiro atoms. The molecule has 108 valence electrons. The second-order valence-electron chi connectivity index (χ2n) is 5.40. The van der Waals surface area contributed by atoms with Gasteiger partial charge < -0.3 is 5.11 Å². The Hall–Kier alpha value is -1.88. The van der Waals surface area contributed by atoms with Gasteiger partial charge >= 0.3 is 0 Å². The van der Waals surface area contributed by atoms with Crippen LogP contribution in [-0.2, 0) is 0 Å². The van der Waals surface area contributed by atoms with Crippen molar-refractivity contribution in [1.29, 1.82) is 0 Å². The van der Waals surface area contributed by atoms with E-state index in [1.165, 1.54) is 4.52 Å². The first-order valence-electron chi connectivity index (χ1n) is 6.82. The van der Waals surface area contributed by atoms with E-state index >= 15 is 0 Å². The average molecular weight is 346 g/mol. The molecule has 0 fully saturated rings. The van der Waals surface area contributed by atoms with Crippen LogP contribution in [0, 0.1) is 6.92 Å². The van der Waals surface area contributed by atoms with Crippen molar-refractivity contribution in [2.45, 2.75) is 26.7 Å². The van der Waals surface area contributed by atoms with Crippen molar-refractivity contribution in [3.05, 3.63) is 46.1 Å². The minimum Gasteiger partial charge on any atom is -0.493 e. The number of fused-ring (bicyclic) bond motifs is 1. The molecule has 0 aliphatic carbocycles. The highest BCUT2D eigenvalue weighted by Crippen LogP contribution is 2.30. The SMILES string of the molecule is Cc1nc2cc(-c3ccc(Br)cc3)nn2c(O)c1C(C)C. The van der Waals surface area contributed by atoms with Crippen LogP contribution in [-0.4, -0.2) is 19.7 Å². The minimum absolute atomic E-state index is 0.177. The molecule has 0 saturated heterocycles. The third-order valence-corrected chi connectivity index (χ3v) is 4.05. The van der Waals surface area contributed by atoms with E-state index in [0.717, 1.165) is 27.0 Å². The van der Waals surface area contributed by atoms with E-state index in [-0.39, 0.29) is 11.8 Å². The van der Waals surface area contributed by atoms with Gasteiger partial charge in [-0.25, -0.2) is 4.98 Å². The molecule has 3 aromatic rings. The standard InChI is InChI=1S/C16H16BrN3O/c1-9(2)15-10(3)18-14-8-13(19-20(14)16(15)21)11-4-6-12(17)7-5-11/h4-9,21H,1-3H3. The van der Waals surface area contributed by atoms with Crippen LogP contribution in [0.3, 0.4) is 0 Å². The fourth-order valence-corrected chi connectivity index (χ4v) is 2.82. The number of hydrogen-bond acceptors (Lipinski definition) is 3. The van der Waals surface area contributed by atoms with Crippen LogP contribution in [0.15, 0.2) is 34.8 Å². The van der Waals surface area contributed by atoms with Gasteiger partial charge in [0.1, 0.15) is 0 Å². The summed E-state index contributed by atoms with van der Waals surface area (Å²) in [5.74, 6) is 0.373. The number of nitrogens with zero attached hydrogens (tertiary/aromatic N) is 3. The lowest BCUT2D eigenvalue weighted by molar-refractivity contribution is 0.423. The summed E-state index contributed by atoms with van der Waals surface area (Å²) in [6.45, 7) is 5.99. The van der Waals surface area contributed by atoms with Gasteiger partial charge in [-0.1, -0.05) is 41.9 Å². The van der Waals surface area contributed by atoms with Crippen molar-refractivity contribution < 1.29 is 5.11 Å². The zero-order chi connectivity index (χ0) is 15.1. The Morgan fingerprint density at radius 3 is 2.48 bits per heavy atom. The Morgan fingerprint density at radius 1 is 1.19 bits per heavy atom. The summed E-state index contributed by atoms with van der Waals surface area (Å²) in [6.07, 6.45) is 0. The van der Waals surface area contributed by atoms with Crippen molar-refractivity contribution >= 4 is 21.6 Å². The third kappa shape index (κ3) is 2.42. The Bertz CT molecular complexity index is 806. The lowest BCUT2D eigenvalue weighted by atomic mass is 10.0. The third-order valence-electron chi connectivity index (χ3n) is 3.52. The minimum atomic E-state index is 0.177. The molecule has 2 aromatic heterocycles. The van der Waals surface area contributed by atoms with Crippen LogP contribution in [0.1, 0.15) is 31.0 Å². The monoisotopic (exact) mass is 345 g/mol. The number of benzene rings is 1. The van der Waals surface area contributed by atoms with Gasteiger partial charge in [-0.05, 0) is 25.0 Å². The molecule has 2 heterocycles. The molecular formula is C16H16BrN3O. The maximum Gasteiger partial charge on any atom is 0.219 e. The number of rotatable bonds is 2. The summed E-state index contributed by atoms with van der Waals surface area (Å²) in [5.41, 5.74) is 4.13. The van der Waals surface area contributed by atoms with E-state index in [1.54, 1.807) is 0 Å². The molecule has 1 aromatic carbocycles. The Balaban J connectivity index is 2.20. The van der Waals surface area contributed by atoms with Gasteiger partial charge in [0.2, 0.25) is 5.88 Å². The van der Waals surface area contributed by atoms with Crippen molar-refractivity contribution in [2.75, 3.05) is 0 Å². The van der Waals surface area contributed by atoms with Gasteiger partial charge in [0.25, 0.3) is 0 Å². The molecule has 0 aliphatic rings. The molecule has 4 nitrogen and oxygen atoms in total. The van der Waals surface area contributed by atoms with Crippen LogP contribution in [0.5, 0.6) is 5.88 Å². The van der Waals surface area contributed by atoms with E-state index < -0.39 is 0 Å². The summed E-state index contributed by atoms with van der Waals surface area (Å²) in [4.78, 5) is 4.55. The second-order valence-corrected chi connectivity index (χ2v) is 6.31. The molecule has 3 rings (SSSR count). The summed E-state index contributed by atoms with van der Waals surface area (Å²) >= 11 is 3.42. The first-order chi connectivity index (χ1) is 9.97. The Labute approximate surface area is 131 Å². The fourth-order valence-electron chi connectivity index (χ4n) is 2.55. The van der Waals surface area contributed by atoms with Crippen molar-refractivity contribution in [2.24, 2.45) is 0 Å². The maximum absolute atomic E-state index is 10.5. The maximum atomic E-state index is 10.5. The molecule has 0 saturated carbocycles. The Morgan fingerprint density at radius 2 is 1.86 bits per heavy atom. The lowest BCUT2D eigenvalue weighted by Gasteiger charge is -2.11. The van der Waals surface area contributed by atoms with Gasteiger partial charge in [0.15, 0.2) is 5.65 Å². The quantitative estimate of drug-likeness (QED) is 0.753. The molecule has 0 atom stereocenters. The number of aromatic hydroxyl groups is 1. The topological polar surface area (TPSA) is 50.4 Å². The summed E-state index contributed by atoms with van der Waals surface area (Å²) < 4.78 is 2.54. The van der Waals surface area contributed by atoms with E-state index in [9.17, 15) is 5.11 Å². The number of hydrogen-bond donors (Lipinski definition) is 1. The highest BCUT2D eigenvalue weighted by molar-refractivity contribution is 9.10. The molecule has 0 amide bonds. The number of halogens is 1. The Kier molecular flexibility index (Phi) is 3.45. The van der Waals surface area contributed by atoms with Gasteiger partial charge in [0.05, 0.1) is 5.69 Å². The summed E-state index contributed by atoms with van der Waals surface area (Å²) in [7, 11) is 0. The van der Waals surface area contributed by atoms with E-state index in [2.05, 4.69) is 26.0 Å². The molecule has 0 aliphatic heterocycles. The zero-order valence-electron chi connectivity index (χ0n) is 12.1. The van der Waals surface area contributed by atoms with Crippen LogP contribution < -0.4 is 0 Å². The largest absolute Gasteiger partial charge is 0.493 e. The van der Waals surface area contributed by atoms with E-state index in [4.69, 9.17) is 0 Å². The van der Waals surface area contributed by atoms with E-state index in [1.807, 2.05) is 51.1 Å². The normalized spacial score (nSPS) is 11.5.